The lowest BCUT2D eigenvalue weighted by atomic mass is 10.1. The number of carbonyl (C=O) groups is 1. The largest absolute Gasteiger partial charge is 0.490 e. The lowest BCUT2D eigenvalue weighted by Crippen LogP contribution is -2.08. The smallest absolute Gasteiger partial charge is 0.306 e. The van der Waals surface area contributed by atoms with Crippen molar-refractivity contribution in [1.82, 2.24) is 0 Å². The minimum Gasteiger partial charge on any atom is -0.490 e. The first-order valence-corrected chi connectivity index (χ1v) is 9.69. The van der Waals surface area contributed by atoms with Crippen molar-refractivity contribution in [3.05, 3.63) is 60.2 Å². The Morgan fingerprint density at radius 1 is 0.852 bits per heavy atom. The molecule has 0 fully saturated rings. The van der Waals surface area contributed by atoms with Crippen LogP contribution < -0.4 is 9.47 Å². The molecule has 0 aliphatic carbocycles. The van der Waals surface area contributed by atoms with Crippen molar-refractivity contribution in [1.29, 1.82) is 0 Å². The van der Waals surface area contributed by atoms with E-state index >= 15 is 0 Å². The topological polar surface area (TPSA) is 44.8 Å². The minimum absolute atomic E-state index is 0.208. The number of hydrogen-bond donors (Lipinski definition) is 0. The van der Waals surface area contributed by atoms with Crippen LogP contribution in [0.25, 0.3) is 0 Å². The van der Waals surface area contributed by atoms with E-state index < -0.39 is 0 Å². The van der Waals surface area contributed by atoms with Gasteiger partial charge >= 0.3 is 5.97 Å². The monoisotopic (exact) mass is 370 g/mol. The molecule has 27 heavy (non-hydrogen) atoms. The van der Waals surface area contributed by atoms with Gasteiger partial charge in [-0.2, -0.15) is 0 Å². The van der Waals surface area contributed by atoms with E-state index in [4.69, 9.17) is 14.2 Å². The average molecular weight is 370 g/mol. The lowest BCUT2D eigenvalue weighted by Gasteiger charge is -2.13. The molecule has 146 valence electrons. The average Bonchev–Trinajstić information content (AvgIpc) is 2.68. The second-order valence-electron chi connectivity index (χ2n) is 6.93. The van der Waals surface area contributed by atoms with E-state index in [2.05, 4.69) is 13.8 Å². The molecule has 0 saturated carbocycles. The van der Waals surface area contributed by atoms with Crippen LogP contribution >= 0.6 is 0 Å². The summed E-state index contributed by atoms with van der Waals surface area (Å²) in [5.41, 5.74) is 0.991. The van der Waals surface area contributed by atoms with E-state index in [1.807, 2.05) is 54.6 Å². The molecular weight excluding hydrogens is 340 g/mol. The van der Waals surface area contributed by atoms with Crippen LogP contribution in [0.4, 0.5) is 0 Å². The van der Waals surface area contributed by atoms with Gasteiger partial charge in [0.15, 0.2) is 11.5 Å². The van der Waals surface area contributed by atoms with Crippen molar-refractivity contribution < 1.29 is 19.0 Å². The van der Waals surface area contributed by atoms with Gasteiger partial charge in [-0.15, -0.1) is 0 Å². The van der Waals surface area contributed by atoms with Crippen molar-refractivity contribution in [2.45, 2.75) is 46.1 Å². The Hall–Kier alpha value is -2.49. The number of benzene rings is 2. The number of hydrogen-bond acceptors (Lipinski definition) is 4. The molecular formula is C23H30O4. The van der Waals surface area contributed by atoms with Crippen molar-refractivity contribution in [3.8, 4) is 11.5 Å². The number of para-hydroxylation sites is 2. The van der Waals surface area contributed by atoms with Gasteiger partial charge in [-0.05, 0) is 42.9 Å². The van der Waals surface area contributed by atoms with Gasteiger partial charge < -0.3 is 14.2 Å². The van der Waals surface area contributed by atoms with Crippen LogP contribution in [0.1, 0.15) is 45.1 Å². The molecule has 4 nitrogen and oxygen atoms in total. The third kappa shape index (κ3) is 8.63. The molecule has 4 heteroatoms. The highest BCUT2D eigenvalue weighted by Gasteiger charge is 2.07. The van der Waals surface area contributed by atoms with E-state index in [1.54, 1.807) is 0 Å². The summed E-state index contributed by atoms with van der Waals surface area (Å²) in [6, 6.07) is 17.3. The molecule has 0 aliphatic heterocycles. The second kappa shape index (κ2) is 12.0. The van der Waals surface area contributed by atoms with Crippen LogP contribution in [0, 0.1) is 5.92 Å². The molecule has 0 spiro atoms. The Bertz CT molecular complexity index is 667. The quantitative estimate of drug-likeness (QED) is 0.370. The number of ether oxygens (including phenoxy) is 3. The maximum atomic E-state index is 11.8. The Balaban J connectivity index is 1.65. The zero-order valence-corrected chi connectivity index (χ0v) is 16.4. The summed E-state index contributed by atoms with van der Waals surface area (Å²) in [6.45, 7) is 5.87. The standard InChI is InChI=1S/C23H30O4/c1-19(2)10-8-16-25-21-13-6-7-14-22(21)26-17-9-15-23(24)27-18-20-11-4-3-5-12-20/h3-7,11-14,19H,8-10,15-18H2,1-2H3. The van der Waals surface area contributed by atoms with E-state index in [0.29, 0.717) is 38.6 Å². The van der Waals surface area contributed by atoms with Crippen molar-refractivity contribution in [2.75, 3.05) is 13.2 Å². The normalized spacial score (nSPS) is 10.6. The fraction of sp³-hybridized carbons (Fsp3) is 0.435. The molecule has 2 rings (SSSR count). The zero-order chi connectivity index (χ0) is 19.3. The van der Waals surface area contributed by atoms with Gasteiger partial charge in [0.1, 0.15) is 6.61 Å². The molecule has 0 saturated heterocycles. The third-order valence-corrected chi connectivity index (χ3v) is 4.06. The Morgan fingerprint density at radius 2 is 1.44 bits per heavy atom. The van der Waals surface area contributed by atoms with Crippen LogP contribution in [0.15, 0.2) is 54.6 Å². The molecule has 0 N–H and O–H groups in total. The van der Waals surface area contributed by atoms with Gasteiger partial charge in [0, 0.05) is 6.42 Å². The van der Waals surface area contributed by atoms with Gasteiger partial charge in [-0.25, -0.2) is 0 Å². The van der Waals surface area contributed by atoms with Crippen molar-refractivity contribution >= 4 is 5.97 Å². The Morgan fingerprint density at radius 3 is 2.07 bits per heavy atom. The predicted octanol–water partition coefficient (Wildman–Crippen LogP) is 5.40. The second-order valence-corrected chi connectivity index (χ2v) is 6.93. The molecule has 0 unspecified atom stereocenters. The van der Waals surface area contributed by atoms with Crippen molar-refractivity contribution in [2.24, 2.45) is 5.92 Å². The summed E-state index contributed by atoms with van der Waals surface area (Å²) in [5, 5.41) is 0. The molecule has 0 bridgehead atoms. The Labute approximate surface area is 162 Å². The zero-order valence-electron chi connectivity index (χ0n) is 16.4. The summed E-state index contributed by atoms with van der Waals surface area (Å²) in [6.07, 6.45) is 3.12. The maximum Gasteiger partial charge on any atom is 0.306 e. The van der Waals surface area contributed by atoms with E-state index in [1.165, 1.54) is 0 Å². The lowest BCUT2D eigenvalue weighted by molar-refractivity contribution is -0.145. The van der Waals surface area contributed by atoms with E-state index in [9.17, 15) is 4.79 Å². The summed E-state index contributed by atoms with van der Waals surface area (Å²) in [4.78, 5) is 11.8. The molecule has 0 amide bonds. The van der Waals surface area contributed by atoms with Gasteiger partial charge in [0.05, 0.1) is 13.2 Å². The highest BCUT2D eigenvalue weighted by Crippen LogP contribution is 2.27. The molecule has 0 atom stereocenters. The molecule has 0 heterocycles. The molecule has 0 aromatic heterocycles. The van der Waals surface area contributed by atoms with Crippen LogP contribution in [-0.4, -0.2) is 19.2 Å². The van der Waals surface area contributed by atoms with Crippen LogP contribution in [0.5, 0.6) is 11.5 Å². The fourth-order valence-electron chi connectivity index (χ4n) is 2.57. The number of carbonyl (C=O) groups excluding carboxylic acids is 1. The van der Waals surface area contributed by atoms with Gasteiger partial charge in [0.25, 0.3) is 0 Å². The predicted molar refractivity (Wildman–Crippen MR) is 107 cm³/mol. The summed E-state index contributed by atoms with van der Waals surface area (Å²) < 4.78 is 16.9. The number of esters is 1. The third-order valence-electron chi connectivity index (χ3n) is 4.06. The molecule has 0 aliphatic rings. The highest BCUT2D eigenvalue weighted by molar-refractivity contribution is 5.69. The molecule has 2 aromatic carbocycles. The minimum atomic E-state index is -0.208. The fourth-order valence-corrected chi connectivity index (χ4v) is 2.57. The molecule has 0 radical (unpaired) electrons. The first-order valence-electron chi connectivity index (χ1n) is 9.69. The summed E-state index contributed by atoms with van der Waals surface area (Å²) >= 11 is 0. The van der Waals surface area contributed by atoms with Crippen LogP contribution in [0.2, 0.25) is 0 Å². The first-order chi connectivity index (χ1) is 13.1. The van der Waals surface area contributed by atoms with Crippen LogP contribution in [-0.2, 0) is 16.1 Å². The van der Waals surface area contributed by atoms with Crippen molar-refractivity contribution in [3.63, 3.8) is 0 Å². The SMILES string of the molecule is CC(C)CCCOc1ccccc1OCCCC(=O)OCc1ccccc1. The summed E-state index contributed by atoms with van der Waals surface area (Å²) in [7, 11) is 0. The molecule has 2 aromatic rings. The number of rotatable bonds is 12. The highest BCUT2D eigenvalue weighted by atomic mass is 16.5. The van der Waals surface area contributed by atoms with Gasteiger partial charge in [-0.3, -0.25) is 4.79 Å². The van der Waals surface area contributed by atoms with Crippen LogP contribution in [0.3, 0.4) is 0 Å². The first kappa shape index (κ1) is 20.8. The Kier molecular flexibility index (Phi) is 9.25. The summed E-state index contributed by atoms with van der Waals surface area (Å²) in [5.74, 6) is 1.95. The van der Waals surface area contributed by atoms with E-state index in [0.717, 1.165) is 29.9 Å². The van der Waals surface area contributed by atoms with Gasteiger partial charge in [0.2, 0.25) is 0 Å². The van der Waals surface area contributed by atoms with E-state index in [-0.39, 0.29) is 5.97 Å². The maximum absolute atomic E-state index is 11.8. The van der Waals surface area contributed by atoms with Gasteiger partial charge in [-0.1, -0.05) is 56.3 Å².